The molecule has 0 aliphatic heterocycles. The van der Waals surface area contributed by atoms with E-state index in [1.807, 2.05) is 66.1 Å². The molecule has 4 rings (SSSR count). The quantitative estimate of drug-likeness (QED) is 0.582. The summed E-state index contributed by atoms with van der Waals surface area (Å²) in [5.74, 6) is 1.06. The van der Waals surface area contributed by atoms with E-state index in [2.05, 4.69) is 5.32 Å². The number of imidazole rings is 1. The van der Waals surface area contributed by atoms with Crippen molar-refractivity contribution in [3.8, 4) is 17.0 Å². The zero-order valence-electron chi connectivity index (χ0n) is 15.1. The number of carbonyl (C=O) groups is 1. The van der Waals surface area contributed by atoms with Gasteiger partial charge in [0.05, 0.1) is 7.11 Å². The lowest BCUT2D eigenvalue weighted by atomic mass is 10.1. The Morgan fingerprint density at radius 2 is 1.85 bits per heavy atom. The average molecular weight is 357 g/mol. The molecule has 1 N–H and O–H groups in total. The van der Waals surface area contributed by atoms with Crippen LogP contribution in [0.1, 0.15) is 15.9 Å². The second-order valence-electron chi connectivity index (χ2n) is 6.29. The Hall–Kier alpha value is -3.60. The summed E-state index contributed by atoms with van der Waals surface area (Å²) in [4.78, 5) is 17.6. The number of anilines is 1. The van der Waals surface area contributed by atoms with Crippen molar-refractivity contribution in [2.45, 2.75) is 6.92 Å². The minimum absolute atomic E-state index is 0.215. The van der Waals surface area contributed by atoms with Gasteiger partial charge in [-0.3, -0.25) is 9.20 Å². The normalized spacial score (nSPS) is 10.7. The molecule has 0 bridgehead atoms. The minimum Gasteiger partial charge on any atom is -0.497 e. The van der Waals surface area contributed by atoms with Crippen LogP contribution >= 0.6 is 0 Å². The molecule has 0 fully saturated rings. The molecule has 2 heterocycles. The largest absolute Gasteiger partial charge is 0.497 e. The standard InChI is InChI=1S/C22H19N3O2/c1-15-9-11-16(12-10-15)20-21(25-13-4-3-8-19(25)23-20)24-22(26)17-6-5-7-18(14-17)27-2/h3-14H,1-2H3,(H,24,26). The maximum Gasteiger partial charge on any atom is 0.256 e. The van der Waals surface area contributed by atoms with Crippen molar-refractivity contribution >= 4 is 17.4 Å². The first-order chi connectivity index (χ1) is 13.2. The first kappa shape index (κ1) is 16.8. The first-order valence-electron chi connectivity index (χ1n) is 8.65. The lowest BCUT2D eigenvalue weighted by molar-refractivity contribution is 0.102. The summed E-state index contributed by atoms with van der Waals surface area (Å²) in [5.41, 5.74) is 4.15. The van der Waals surface area contributed by atoms with Gasteiger partial charge in [0, 0.05) is 17.3 Å². The van der Waals surface area contributed by atoms with Crippen LogP contribution in [0.3, 0.4) is 0 Å². The van der Waals surface area contributed by atoms with Crippen LogP contribution in [0.4, 0.5) is 5.82 Å². The molecular formula is C22H19N3O2. The van der Waals surface area contributed by atoms with Crippen LogP contribution in [0, 0.1) is 6.92 Å². The molecule has 5 nitrogen and oxygen atoms in total. The molecule has 4 aromatic rings. The van der Waals surface area contributed by atoms with E-state index in [0.717, 1.165) is 16.9 Å². The number of ether oxygens (including phenoxy) is 1. The van der Waals surface area contributed by atoms with Gasteiger partial charge in [0.2, 0.25) is 0 Å². The molecule has 0 aliphatic carbocycles. The number of nitrogens with zero attached hydrogens (tertiary/aromatic N) is 2. The highest BCUT2D eigenvalue weighted by Gasteiger charge is 2.17. The monoisotopic (exact) mass is 357 g/mol. The summed E-state index contributed by atoms with van der Waals surface area (Å²) < 4.78 is 7.10. The average Bonchev–Trinajstić information content (AvgIpc) is 3.07. The number of hydrogen-bond donors (Lipinski definition) is 1. The molecule has 2 aromatic heterocycles. The number of hydrogen-bond acceptors (Lipinski definition) is 3. The smallest absolute Gasteiger partial charge is 0.256 e. The van der Waals surface area contributed by atoms with Crippen LogP contribution in [0.2, 0.25) is 0 Å². The Labute approximate surface area is 157 Å². The van der Waals surface area contributed by atoms with Gasteiger partial charge >= 0.3 is 0 Å². The van der Waals surface area contributed by atoms with Crippen LogP contribution in [0.15, 0.2) is 72.9 Å². The van der Waals surface area contributed by atoms with Crippen LogP contribution in [0.25, 0.3) is 16.9 Å². The van der Waals surface area contributed by atoms with Crippen molar-refractivity contribution in [3.05, 3.63) is 84.1 Å². The molecule has 0 saturated heterocycles. The van der Waals surface area contributed by atoms with E-state index >= 15 is 0 Å². The molecule has 0 unspecified atom stereocenters. The van der Waals surface area contributed by atoms with Gasteiger partial charge in [0.25, 0.3) is 5.91 Å². The number of amides is 1. The SMILES string of the molecule is COc1cccc(C(=O)Nc2c(-c3ccc(C)cc3)nc3ccccn23)c1. The highest BCUT2D eigenvalue weighted by molar-refractivity contribution is 6.06. The summed E-state index contributed by atoms with van der Waals surface area (Å²) in [7, 11) is 1.58. The van der Waals surface area contributed by atoms with Crippen molar-refractivity contribution in [2.75, 3.05) is 12.4 Å². The van der Waals surface area contributed by atoms with Gasteiger partial charge in [0.15, 0.2) is 0 Å². The number of rotatable bonds is 4. The zero-order chi connectivity index (χ0) is 18.8. The van der Waals surface area contributed by atoms with Gasteiger partial charge in [-0.05, 0) is 37.3 Å². The molecule has 27 heavy (non-hydrogen) atoms. The topological polar surface area (TPSA) is 55.6 Å². The van der Waals surface area contributed by atoms with Crippen molar-refractivity contribution in [1.29, 1.82) is 0 Å². The van der Waals surface area contributed by atoms with Crippen LogP contribution in [-0.4, -0.2) is 22.4 Å². The molecule has 0 spiro atoms. The summed E-state index contributed by atoms with van der Waals surface area (Å²) in [5, 5.41) is 3.02. The van der Waals surface area contributed by atoms with Crippen molar-refractivity contribution in [2.24, 2.45) is 0 Å². The fraction of sp³-hybridized carbons (Fsp3) is 0.0909. The summed E-state index contributed by atoms with van der Waals surface area (Å²) in [6.45, 7) is 2.04. The van der Waals surface area contributed by atoms with Gasteiger partial charge in [-0.2, -0.15) is 0 Å². The maximum atomic E-state index is 12.9. The van der Waals surface area contributed by atoms with Gasteiger partial charge in [-0.15, -0.1) is 0 Å². The van der Waals surface area contributed by atoms with Crippen LogP contribution in [0.5, 0.6) is 5.75 Å². The molecule has 0 atom stereocenters. The number of pyridine rings is 1. The molecule has 2 aromatic carbocycles. The van der Waals surface area contributed by atoms with Crippen molar-refractivity contribution in [1.82, 2.24) is 9.38 Å². The van der Waals surface area contributed by atoms with E-state index < -0.39 is 0 Å². The molecule has 0 saturated carbocycles. The summed E-state index contributed by atoms with van der Waals surface area (Å²) in [6.07, 6.45) is 1.89. The highest BCUT2D eigenvalue weighted by atomic mass is 16.5. The van der Waals surface area contributed by atoms with Gasteiger partial charge in [0.1, 0.15) is 22.9 Å². The lowest BCUT2D eigenvalue weighted by Gasteiger charge is -2.09. The van der Waals surface area contributed by atoms with Crippen molar-refractivity contribution in [3.63, 3.8) is 0 Å². The zero-order valence-corrected chi connectivity index (χ0v) is 15.1. The number of aryl methyl sites for hydroxylation is 1. The fourth-order valence-corrected chi connectivity index (χ4v) is 2.97. The van der Waals surface area contributed by atoms with Gasteiger partial charge in [-0.25, -0.2) is 4.98 Å². The molecule has 0 aliphatic rings. The molecule has 1 amide bonds. The number of carbonyl (C=O) groups excluding carboxylic acids is 1. The number of benzene rings is 2. The second kappa shape index (κ2) is 6.96. The van der Waals surface area contributed by atoms with Crippen LogP contribution in [-0.2, 0) is 0 Å². The highest BCUT2D eigenvalue weighted by Crippen LogP contribution is 2.29. The van der Waals surface area contributed by atoms with E-state index in [1.54, 1.807) is 25.3 Å². The molecule has 5 heteroatoms. The Bertz CT molecular complexity index is 1110. The Kier molecular flexibility index (Phi) is 4.34. The number of fused-ring (bicyclic) bond motifs is 1. The third-order valence-electron chi connectivity index (χ3n) is 4.42. The Balaban J connectivity index is 1.78. The number of methoxy groups -OCH3 is 1. The number of aromatic nitrogens is 2. The maximum absolute atomic E-state index is 12.9. The summed E-state index contributed by atoms with van der Waals surface area (Å²) >= 11 is 0. The molecular weight excluding hydrogens is 338 g/mol. The van der Waals surface area contributed by atoms with E-state index in [1.165, 1.54) is 5.56 Å². The second-order valence-corrected chi connectivity index (χ2v) is 6.29. The van der Waals surface area contributed by atoms with E-state index in [-0.39, 0.29) is 5.91 Å². The lowest BCUT2D eigenvalue weighted by Crippen LogP contribution is -2.14. The van der Waals surface area contributed by atoms with Gasteiger partial charge in [-0.1, -0.05) is 42.0 Å². The van der Waals surface area contributed by atoms with E-state index in [9.17, 15) is 4.79 Å². The van der Waals surface area contributed by atoms with E-state index in [4.69, 9.17) is 9.72 Å². The first-order valence-corrected chi connectivity index (χ1v) is 8.65. The predicted octanol–water partition coefficient (Wildman–Crippen LogP) is 4.57. The third-order valence-corrected chi connectivity index (χ3v) is 4.42. The Morgan fingerprint density at radius 1 is 1.04 bits per heavy atom. The van der Waals surface area contributed by atoms with Crippen LogP contribution < -0.4 is 10.1 Å². The summed E-state index contributed by atoms with van der Waals surface area (Å²) in [6, 6.07) is 20.9. The minimum atomic E-state index is -0.215. The molecule has 0 radical (unpaired) electrons. The predicted molar refractivity (Wildman–Crippen MR) is 106 cm³/mol. The van der Waals surface area contributed by atoms with Crippen molar-refractivity contribution < 1.29 is 9.53 Å². The molecule has 134 valence electrons. The van der Waals surface area contributed by atoms with Gasteiger partial charge < -0.3 is 10.1 Å². The third kappa shape index (κ3) is 3.27. The Morgan fingerprint density at radius 3 is 2.63 bits per heavy atom. The fourth-order valence-electron chi connectivity index (χ4n) is 2.97. The number of nitrogens with one attached hydrogen (secondary N) is 1. The van der Waals surface area contributed by atoms with E-state index in [0.29, 0.717) is 17.1 Å².